The number of alkyl halides is 3. The van der Waals surface area contributed by atoms with Crippen LogP contribution in [-0.2, 0) is 16.1 Å². The van der Waals surface area contributed by atoms with Gasteiger partial charge in [0.05, 0.1) is 12.1 Å². The third kappa shape index (κ3) is 8.42. The highest BCUT2D eigenvalue weighted by atomic mass is 35.5. The zero-order valence-electron chi connectivity index (χ0n) is 23.1. The first-order valence-corrected chi connectivity index (χ1v) is 13.7. The minimum absolute atomic E-state index is 0.00766. The number of carbonyl (C=O) groups excluding carboxylic acids is 1. The number of hydrogen-bond acceptors (Lipinski definition) is 9. The molecule has 5 rings (SSSR count). The molecule has 1 amide bonds. The molecule has 0 aliphatic carbocycles. The standard InChI is InChI=1S/C26H31ClN2O7.C2HF3O2/c1-25(33)15-29(35-16-25)24(32)21-4-3-19(30)11-23(21)34-14-20(31)13-28-8-6-26(7-9-28)12-17-10-18(27)2-5-22(17)36-26;3-2(4,5)1(6)7/h2-5,10-11,20,30-31,33H,6-9,12-16H2,1H3;(H,6,7)/t20-,25-;/m0./s1. The van der Waals surface area contributed by atoms with Crippen molar-refractivity contribution < 1.29 is 57.5 Å². The average molecular weight is 633 g/mol. The number of aliphatic carboxylic acids is 1. The lowest BCUT2D eigenvalue weighted by Crippen LogP contribution is -2.49. The number of carbonyl (C=O) groups is 2. The average Bonchev–Trinajstić information content (AvgIpc) is 3.47. The van der Waals surface area contributed by atoms with Gasteiger partial charge in [-0.2, -0.15) is 13.2 Å². The van der Waals surface area contributed by atoms with Gasteiger partial charge in [-0.15, -0.1) is 0 Å². The van der Waals surface area contributed by atoms with E-state index in [1.54, 1.807) is 6.92 Å². The summed E-state index contributed by atoms with van der Waals surface area (Å²) >= 11 is 6.13. The maximum atomic E-state index is 12.9. The Balaban J connectivity index is 0.000000541. The van der Waals surface area contributed by atoms with Gasteiger partial charge in [0.2, 0.25) is 0 Å². The number of ether oxygens (including phenoxy) is 2. The smallest absolute Gasteiger partial charge is 0.490 e. The van der Waals surface area contributed by atoms with E-state index < -0.39 is 29.8 Å². The molecule has 2 aromatic rings. The van der Waals surface area contributed by atoms with E-state index in [2.05, 4.69) is 4.90 Å². The first-order chi connectivity index (χ1) is 20.1. The quantitative estimate of drug-likeness (QED) is 0.374. The van der Waals surface area contributed by atoms with Gasteiger partial charge >= 0.3 is 12.1 Å². The number of nitrogens with zero attached hydrogens (tertiary/aromatic N) is 2. The molecule has 3 heterocycles. The van der Waals surface area contributed by atoms with Crippen molar-refractivity contribution in [1.82, 2.24) is 9.96 Å². The number of halogens is 4. The van der Waals surface area contributed by atoms with Gasteiger partial charge in [0.1, 0.15) is 47.8 Å². The number of rotatable bonds is 6. The number of β-amino-alcohol motifs (C(OH)–C–C–N with tert-alkyl or cyclic N) is 2. The Kier molecular flexibility index (Phi) is 9.66. The number of carboxylic acid groups (broad SMARTS) is 1. The van der Waals surface area contributed by atoms with Crippen LogP contribution >= 0.6 is 11.6 Å². The monoisotopic (exact) mass is 632 g/mol. The molecule has 15 heteroatoms. The van der Waals surface area contributed by atoms with Crippen LogP contribution in [0, 0.1) is 0 Å². The summed E-state index contributed by atoms with van der Waals surface area (Å²) in [7, 11) is 0. The number of fused-ring (bicyclic) bond motifs is 1. The highest BCUT2D eigenvalue weighted by Gasteiger charge is 2.42. The predicted octanol–water partition coefficient (Wildman–Crippen LogP) is 3.03. The van der Waals surface area contributed by atoms with Crippen molar-refractivity contribution in [2.45, 2.75) is 49.7 Å². The summed E-state index contributed by atoms with van der Waals surface area (Å²) in [4.78, 5) is 29.3. The van der Waals surface area contributed by atoms with Crippen molar-refractivity contribution >= 4 is 23.5 Å². The van der Waals surface area contributed by atoms with Crippen LogP contribution < -0.4 is 9.47 Å². The zero-order chi connectivity index (χ0) is 31.6. The lowest BCUT2D eigenvalue weighted by molar-refractivity contribution is -0.192. The Morgan fingerprint density at radius 1 is 1.16 bits per heavy atom. The van der Waals surface area contributed by atoms with Crippen LogP contribution in [0.4, 0.5) is 13.2 Å². The molecule has 3 aliphatic heterocycles. The first kappa shape index (κ1) is 32.6. The fraction of sp³-hybridized carbons (Fsp3) is 0.500. The van der Waals surface area contributed by atoms with Crippen molar-refractivity contribution in [3.63, 3.8) is 0 Å². The third-order valence-corrected chi connectivity index (χ3v) is 7.44. The molecule has 11 nitrogen and oxygen atoms in total. The molecule has 0 radical (unpaired) electrons. The van der Waals surface area contributed by atoms with Crippen LogP contribution in [0.2, 0.25) is 5.02 Å². The largest absolute Gasteiger partial charge is 0.508 e. The van der Waals surface area contributed by atoms with Gasteiger partial charge in [-0.25, -0.2) is 9.86 Å². The van der Waals surface area contributed by atoms with Crippen LogP contribution in [0.15, 0.2) is 36.4 Å². The topological polar surface area (TPSA) is 149 Å². The molecular formula is C28H32ClF3N2O9. The van der Waals surface area contributed by atoms with E-state index >= 15 is 0 Å². The molecule has 4 N–H and O–H groups in total. The van der Waals surface area contributed by atoms with Crippen molar-refractivity contribution in [2.75, 3.05) is 39.4 Å². The van der Waals surface area contributed by atoms with Gasteiger partial charge in [0, 0.05) is 50.0 Å². The van der Waals surface area contributed by atoms with E-state index in [0.717, 1.165) is 48.7 Å². The highest BCUT2D eigenvalue weighted by Crippen LogP contribution is 2.42. The summed E-state index contributed by atoms with van der Waals surface area (Å²) in [5, 5.41) is 39.6. The molecule has 2 atom stereocenters. The predicted molar refractivity (Wildman–Crippen MR) is 145 cm³/mol. The van der Waals surface area contributed by atoms with Crippen LogP contribution in [0.1, 0.15) is 35.7 Å². The second-order valence-electron chi connectivity index (χ2n) is 11.1. The number of aliphatic hydroxyl groups excluding tert-OH is 1. The molecule has 0 bridgehead atoms. The number of piperidine rings is 1. The number of hydroxylamine groups is 2. The summed E-state index contributed by atoms with van der Waals surface area (Å²) < 4.78 is 43.8. The van der Waals surface area contributed by atoms with Crippen molar-refractivity contribution in [3.8, 4) is 17.2 Å². The Bertz CT molecular complexity index is 1330. The van der Waals surface area contributed by atoms with E-state index in [-0.39, 0.29) is 42.4 Å². The molecule has 1 spiro atoms. The Hall–Kier alpha value is -3.30. The molecule has 0 aromatic heterocycles. The molecule has 2 saturated heterocycles. The van der Waals surface area contributed by atoms with E-state index in [4.69, 9.17) is 35.8 Å². The number of hydrogen-bond donors (Lipinski definition) is 4. The number of phenolic OH excluding ortho intramolecular Hbond substituents is 1. The Morgan fingerprint density at radius 3 is 2.44 bits per heavy atom. The second kappa shape index (κ2) is 12.7. The summed E-state index contributed by atoms with van der Waals surface area (Å²) in [6.45, 7) is 3.53. The maximum Gasteiger partial charge on any atom is 0.490 e. The van der Waals surface area contributed by atoms with Gasteiger partial charge in [-0.3, -0.25) is 9.63 Å². The first-order valence-electron chi connectivity index (χ1n) is 13.4. The van der Waals surface area contributed by atoms with E-state index in [1.165, 1.54) is 18.2 Å². The van der Waals surface area contributed by atoms with Crippen molar-refractivity contribution in [1.29, 1.82) is 0 Å². The molecule has 43 heavy (non-hydrogen) atoms. The third-order valence-electron chi connectivity index (χ3n) is 7.21. The number of benzene rings is 2. The fourth-order valence-electron chi connectivity index (χ4n) is 5.05. The summed E-state index contributed by atoms with van der Waals surface area (Å²) in [6, 6.07) is 9.90. The summed E-state index contributed by atoms with van der Waals surface area (Å²) in [5.74, 6) is -2.27. The number of carboxylic acids is 1. The molecule has 3 aliphatic rings. The van der Waals surface area contributed by atoms with Crippen LogP contribution in [0.3, 0.4) is 0 Å². The van der Waals surface area contributed by atoms with Gasteiger partial charge in [-0.1, -0.05) is 11.6 Å². The zero-order valence-corrected chi connectivity index (χ0v) is 23.9. The van der Waals surface area contributed by atoms with Gasteiger partial charge in [0.15, 0.2) is 0 Å². The van der Waals surface area contributed by atoms with Gasteiger partial charge in [0.25, 0.3) is 5.91 Å². The molecule has 236 valence electrons. The van der Waals surface area contributed by atoms with Crippen molar-refractivity contribution in [3.05, 3.63) is 52.5 Å². The van der Waals surface area contributed by atoms with Crippen LogP contribution in [0.25, 0.3) is 0 Å². The molecular weight excluding hydrogens is 601 g/mol. The Labute approximate surface area is 249 Å². The summed E-state index contributed by atoms with van der Waals surface area (Å²) in [6.07, 6.45) is -3.35. The number of aromatic hydroxyl groups is 1. The van der Waals surface area contributed by atoms with Gasteiger partial charge < -0.3 is 34.8 Å². The van der Waals surface area contributed by atoms with E-state index in [0.29, 0.717) is 11.6 Å². The molecule has 0 unspecified atom stereocenters. The molecule has 2 aromatic carbocycles. The number of phenols is 1. The minimum atomic E-state index is -5.08. The lowest BCUT2D eigenvalue weighted by Gasteiger charge is -2.39. The van der Waals surface area contributed by atoms with E-state index in [9.17, 15) is 33.3 Å². The Morgan fingerprint density at radius 2 is 1.84 bits per heavy atom. The number of amides is 1. The minimum Gasteiger partial charge on any atom is -0.508 e. The normalized spacial score (nSPS) is 21.9. The maximum absolute atomic E-state index is 12.9. The highest BCUT2D eigenvalue weighted by molar-refractivity contribution is 6.30. The van der Waals surface area contributed by atoms with Crippen molar-refractivity contribution in [2.24, 2.45) is 0 Å². The second-order valence-corrected chi connectivity index (χ2v) is 11.5. The summed E-state index contributed by atoms with van der Waals surface area (Å²) in [5.41, 5.74) is -0.0280. The number of likely N-dealkylation sites (tertiary alicyclic amines) is 1. The van der Waals surface area contributed by atoms with Crippen LogP contribution in [-0.4, -0.2) is 105 Å². The fourth-order valence-corrected chi connectivity index (χ4v) is 5.25. The molecule has 2 fully saturated rings. The van der Waals surface area contributed by atoms with E-state index in [1.807, 2.05) is 18.2 Å². The SMILES string of the molecule is C[C@@]1(O)CON(C(=O)c2ccc(O)cc2OC[C@@H](O)CN2CCC3(CC2)Cc2cc(Cl)ccc2O3)C1.O=C(O)C(F)(F)F. The lowest BCUT2D eigenvalue weighted by atomic mass is 9.87. The van der Waals surface area contributed by atoms with Crippen LogP contribution in [0.5, 0.6) is 17.2 Å². The van der Waals surface area contributed by atoms with Gasteiger partial charge in [-0.05, 0) is 42.8 Å². The molecule has 0 saturated carbocycles. The number of aliphatic hydroxyl groups is 2.